The fourth-order valence-electron chi connectivity index (χ4n) is 8.60. The lowest BCUT2D eigenvalue weighted by atomic mass is 9.61. The molecule has 6 heteroatoms. The normalized spacial score (nSPS) is 29.4. The Balaban J connectivity index is 1.48. The van der Waals surface area contributed by atoms with Crippen molar-refractivity contribution in [2.24, 2.45) is 23.2 Å². The minimum atomic E-state index is -2.00. The number of allylic oxidation sites excluding steroid dienone is 3. The maximum Gasteiger partial charge on any atom is 0.192 e. The summed E-state index contributed by atoms with van der Waals surface area (Å²) in [4.78, 5) is 0. The van der Waals surface area contributed by atoms with E-state index in [0.717, 1.165) is 32.1 Å². The highest BCUT2D eigenvalue weighted by molar-refractivity contribution is 6.74. The van der Waals surface area contributed by atoms with Crippen LogP contribution < -0.4 is 0 Å². The summed E-state index contributed by atoms with van der Waals surface area (Å²) >= 11 is 0. The molecule has 3 saturated carbocycles. The van der Waals surface area contributed by atoms with E-state index >= 15 is 0 Å². The van der Waals surface area contributed by atoms with Gasteiger partial charge in [-0.3, -0.25) is 0 Å². The van der Waals surface area contributed by atoms with E-state index in [1.807, 2.05) is 12.3 Å². The molecule has 280 valence electrons. The van der Waals surface area contributed by atoms with Crippen LogP contribution in [-0.4, -0.2) is 46.3 Å². The minimum absolute atomic E-state index is 0.00700. The standard InChI is InChI=1S/C44H73NO3Si2/c1-33(27-30-45(46)29-18-21-35-19-15-14-16-20-35)39-25-26-40-36(22-17-28-44(39,40)9)23-24-37-31-38(47-49(10,11)42(3,4)5)32-41(34(37)2)48-50(12,13)43(6,7)8/h14-16,19-20,23-24,30,33,38-41H,2,17-18,21-22,25-29,31-32H2,1,3-13H3/b36-23+,37-24-,45-30-/t33-,38-,39-,40+,41+,44-/m1/s1. The van der Waals surface area contributed by atoms with Gasteiger partial charge in [-0.1, -0.05) is 110 Å². The van der Waals surface area contributed by atoms with Gasteiger partial charge < -0.3 is 14.1 Å². The van der Waals surface area contributed by atoms with Crippen LogP contribution in [0.1, 0.15) is 119 Å². The van der Waals surface area contributed by atoms with Gasteiger partial charge in [0.2, 0.25) is 0 Å². The lowest BCUT2D eigenvalue weighted by molar-refractivity contribution is -0.454. The first-order valence-electron chi connectivity index (χ1n) is 19.9. The number of rotatable bonds is 12. The van der Waals surface area contributed by atoms with Crippen molar-refractivity contribution in [3.63, 3.8) is 0 Å². The fourth-order valence-corrected chi connectivity index (χ4v) is 11.3. The van der Waals surface area contributed by atoms with E-state index in [1.54, 1.807) is 5.57 Å². The lowest BCUT2D eigenvalue weighted by Gasteiger charge is -2.45. The number of hydrogen-bond acceptors (Lipinski definition) is 3. The number of hydroxylamine groups is 1. The van der Waals surface area contributed by atoms with E-state index in [0.29, 0.717) is 29.7 Å². The first kappa shape index (κ1) is 41.0. The van der Waals surface area contributed by atoms with Crippen LogP contribution >= 0.6 is 0 Å². The van der Waals surface area contributed by atoms with Crippen molar-refractivity contribution in [2.45, 2.75) is 168 Å². The molecule has 0 aliphatic heterocycles. The molecular weight excluding hydrogens is 647 g/mol. The number of benzene rings is 1. The van der Waals surface area contributed by atoms with Gasteiger partial charge in [0, 0.05) is 19.3 Å². The average Bonchev–Trinajstić information content (AvgIpc) is 3.37. The number of hydrogen-bond donors (Lipinski definition) is 0. The van der Waals surface area contributed by atoms with Crippen molar-refractivity contribution >= 4 is 22.8 Å². The molecule has 1 aromatic rings. The Morgan fingerprint density at radius 2 is 1.62 bits per heavy atom. The topological polar surface area (TPSA) is 44.5 Å². The predicted octanol–water partition coefficient (Wildman–Crippen LogP) is 12.4. The van der Waals surface area contributed by atoms with Crippen molar-refractivity contribution < 1.29 is 13.6 Å². The Hall–Kier alpha value is -1.74. The summed E-state index contributed by atoms with van der Waals surface area (Å²) in [5, 5.41) is 13.1. The third kappa shape index (κ3) is 9.82. The minimum Gasteiger partial charge on any atom is -0.624 e. The predicted molar refractivity (Wildman–Crippen MR) is 220 cm³/mol. The summed E-state index contributed by atoms with van der Waals surface area (Å²) < 4.78 is 15.4. The Kier molecular flexibility index (Phi) is 13.2. The highest BCUT2D eigenvalue weighted by Gasteiger charge is 2.51. The van der Waals surface area contributed by atoms with Gasteiger partial charge in [-0.05, 0) is 121 Å². The molecule has 3 aliphatic carbocycles. The SMILES string of the molecule is C=C1/C(=C\C=C2/CCC[C@]3(C)[C@@H]([C@H](C)C/C=[N+](\[O-])CCCc4ccccc4)CC[C@@H]23)C[C@@H](O[Si](C)(C)C(C)(C)C)C[C@@H]1O[Si](C)(C)C(C)(C)C. The smallest absolute Gasteiger partial charge is 0.192 e. The summed E-state index contributed by atoms with van der Waals surface area (Å²) in [5.74, 6) is 1.77. The van der Waals surface area contributed by atoms with E-state index < -0.39 is 16.6 Å². The molecule has 1 aromatic carbocycles. The van der Waals surface area contributed by atoms with Gasteiger partial charge in [-0.15, -0.1) is 0 Å². The van der Waals surface area contributed by atoms with Gasteiger partial charge in [0.25, 0.3) is 0 Å². The highest BCUT2D eigenvalue weighted by atomic mass is 28.4. The molecule has 0 aromatic heterocycles. The van der Waals surface area contributed by atoms with Crippen LogP contribution in [0.5, 0.6) is 0 Å². The van der Waals surface area contributed by atoms with Crippen molar-refractivity contribution in [1.82, 2.24) is 0 Å². The lowest BCUT2D eigenvalue weighted by Crippen LogP contribution is -2.49. The summed E-state index contributed by atoms with van der Waals surface area (Å²) in [5.41, 5.74) is 5.71. The highest BCUT2D eigenvalue weighted by Crippen LogP contribution is 2.59. The first-order valence-corrected chi connectivity index (χ1v) is 25.7. The van der Waals surface area contributed by atoms with Crippen LogP contribution in [0.15, 0.2) is 65.8 Å². The zero-order valence-electron chi connectivity index (χ0n) is 34.2. The Labute approximate surface area is 309 Å². The van der Waals surface area contributed by atoms with E-state index in [1.165, 1.54) is 53.6 Å². The summed E-state index contributed by atoms with van der Waals surface area (Å²) in [6.45, 7) is 33.7. The maximum atomic E-state index is 12.8. The van der Waals surface area contributed by atoms with Gasteiger partial charge in [0.1, 0.15) is 0 Å². The molecule has 50 heavy (non-hydrogen) atoms. The van der Waals surface area contributed by atoms with Crippen LogP contribution in [0, 0.1) is 28.4 Å². The maximum absolute atomic E-state index is 12.8. The van der Waals surface area contributed by atoms with Gasteiger partial charge in [-0.2, -0.15) is 0 Å². The second-order valence-corrected chi connectivity index (χ2v) is 29.0. The van der Waals surface area contributed by atoms with Gasteiger partial charge in [0.15, 0.2) is 29.4 Å². The molecular formula is C44H73NO3Si2. The average molecular weight is 720 g/mol. The number of fused-ring (bicyclic) bond motifs is 1. The van der Waals surface area contributed by atoms with Gasteiger partial charge >= 0.3 is 0 Å². The second-order valence-electron chi connectivity index (χ2n) is 19.5. The molecule has 3 aliphatic rings. The molecule has 0 amide bonds. The van der Waals surface area contributed by atoms with Crippen LogP contribution in [0.25, 0.3) is 0 Å². The zero-order valence-corrected chi connectivity index (χ0v) is 36.2. The quantitative estimate of drug-likeness (QED) is 0.0710. The van der Waals surface area contributed by atoms with E-state index in [-0.39, 0.29) is 22.3 Å². The van der Waals surface area contributed by atoms with Crippen LogP contribution in [0.4, 0.5) is 0 Å². The fraction of sp³-hybridized carbons (Fsp3) is 0.705. The van der Waals surface area contributed by atoms with Crippen LogP contribution in [0.2, 0.25) is 36.3 Å². The van der Waals surface area contributed by atoms with Gasteiger partial charge in [0.05, 0.1) is 12.2 Å². The monoisotopic (exact) mass is 720 g/mol. The molecule has 4 rings (SSSR count). The molecule has 0 bridgehead atoms. The number of nitrogens with zero attached hydrogens (tertiary/aromatic N) is 1. The van der Waals surface area contributed by atoms with Crippen molar-refractivity contribution in [1.29, 1.82) is 0 Å². The van der Waals surface area contributed by atoms with E-state index in [2.05, 4.69) is 118 Å². The molecule has 4 nitrogen and oxygen atoms in total. The molecule has 6 atom stereocenters. The second kappa shape index (κ2) is 16.1. The largest absolute Gasteiger partial charge is 0.624 e. The van der Waals surface area contributed by atoms with E-state index in [4.69, 9.17) is 15.4 Å². The molecule has 0 saturated heterocycles. The summed E-state index contributed by atoms with van der Waals surface area (Å²) in [6.07, 6.45) is 17.8. The van der Waals surface area contributed by atoms with E-state index in [9.17, 15) is 5.21 Å². The van der Waals surface area contributed by atoms with Crippen LogP contribution in [-0.2, 0) is 15.3 Å². The molecule has 0 heterocycles. The molecule has 0 radical (unpaired) electrons. The Morgan fingerprint density at radius 3 is 2.26 bits per heavy atom. The van der Waals surface area contributed by atoms with Crippen molar-refractivity contribution in [3.8, 4) is 0 Å². The third-order valence-corrected chi connectivity index (χ3v) is 22.8. The Morgan fingerprint density at radius 1 is 0.980 bits per heavy atom. The molecule has 0 unspecified atom stereocenters. The summed E-state index contributed by atoms with van der Waals surface area (Å²) in [6, 6.07) is 10.5. The van der Waals surface area contributed by atoms with Crippen LogP contribution in [0.3, 0.4) is 0 Å². The Bertz CT molecular complexity index is 1400. The van der Waals surface area contributed by atoms with Crippen molar-refractivity contribution in [3.05, 3.63) is 76.6 Å². The van der Waals surface area contributed by atoms with Gasteiger partial charge in [-0.25, -0.2) is 4.74 Å². The third-order valence-electron chi connectivity index (χ3n) is 13.8. The number of aryl methyl sites for hydroxylation is 1. The molecule has 0 N–H and O–H groups in total. The zero-order chi connectivity index (χ0) is 37.1. The first-order chi connectivity index (χ1) is 23.1. The van der Waals surface area contributed by atoms with Crippen molar-refractivity contribution in [2.75, 3.05) is 6.54 Å². The summed E-state index contributed by atoms with van der Waals surface area (Å²) in [7, 11) is -3.94. The molecule has 3 fully saturated rings. The molecule has 0 spiro atoms.